The van der Waals surface area contributed by atoms with Gasteiger partial charge in [-0.2, -0.15) is 4.98 Å². The third kappa shape index (κ3) is 2.13. The molecule has 20 heavy (non-hydrogen) atoms. The number of benzene rings is 1. The summed E-state index contributed by atoms with van der Waals surface area (Å²) in [7, 11) is 1.72. The maximum absolute atomic E-state index is 11.5. The zero-order valence-corrected chi connectivity index (χ0v) is 10.9. The molecule has 1 aliphatic rings. The Hall–Kier alpha value is -2.70. The van der Waals surface area contributed by atoms with Crippen molar-refractivity contribution in [3.63, 3.8) is 0 Å². The third-order valence-electron chi connectivity index (χ3n) is 3.05. The van der Waals surface area contributed by atoms with E-state index in [1.54, 1.807) is 11.9 Å². The van der Waals surface area contributed by atoms with Crippen molar-refractivity contribution in [1.29, 1.82) is 0 Å². The van der Waals surface area contributed by atoms with Gasteiger partial charge in [-0.15, -0.1) is 0 Å². The monoisotopic (exact) mass is 271 g/mol. The Morgan fingerprint density at radius 2 is 1.85 bits per heavy atom. The third-order valence-corrected chi connectivity index (χ3v) is 3.05. The van der Waals surface area contributed by atoms with Crippen LogP contribution in [0.2, 0.25) is 0 Å². The first-order valence-electron chi connectivity index (χ1n) is 6.19. The van der Waals surface area contributed by atoms with E-state index in [0.29, 0.717) is 11.8 Å². The standard InChI is InChI=1S/C13H13N5O2/c1-14-13-15-9-5-3-2-4-8(9)12(17-13)18-6-10(19)16-11(20)7-18/h2-5H,6-7H2,1H3,(H,14,15,17)(H,16,19,20). The number of nitrogens with one attached hydrogen (secondary N) is 2. The Balaban J connectivity index is 2.13. The molecule has 0 saturated carbocycles. The molecule has 3 rings (SSSR count). The molecule has 0 radical (unpaired) electrons. The Morgan fingerprint density at radius 1 is 1.15 bits per heavy atom. The molecular formula is C13H13N5O2. The summed E-state index contributed by atoms with van der Waals surface area (Å²) >= 11 is 0. The molecular weight excluding hydrogens is 258 g/mol. The van der Waals surface area contributed by atoms with Gasteiger partial charge in [-0.05, 0) is 12.1 Å². The number of hydrogen-bond acceptors (Lipinski definition) is 6. The van der Waals surface area contributed by atoms with Crippen LogP contribution in [0.15, 0.2) is 24.3 Å². The lowest BCUT2D eigenvalue weighted by molar-refractivity contribution is -0.130. The first kappa shape index (κ1) is 12.3. The first-order chi connectivity index (χ1) is 9.67. The minimum atomic E-state index is -0.324. The summed E-state index contributed by atoms with van der Waals surface area (Å²) in [5, 5.41) is 5.98. The van der Waals surface area contributed by atoms with Crippen LogP contribution in [0.4, 0.5) is 11.8 Å². The number of rotatable bonds is 2. The number of hydrogen-bond donors (Lipinski definition) is 2. The molecule has 0 spiro atoms. The highest BCUT2D eigenvalue weighted by atomic mass is 16.2. The van der Waals surface area contributed by atoms with Gasteiger partial charge < -0.3 is 10.2 Å². The fraction of sp³-hybridized carbons (Fsp3) is 0.231. The molecule has 1 aliphatic heterocycles. The molecule has 7 nitrogen and oxygen atoms in total. The van der Waals surface area contributed by atoms with Crippen LogP contribution < -0.4 is 15.5 Å². The Morgan fingerprint density at radius 3 is 2.55 bits per heavy atom. The van der Waals surface area contributed by atoms with Crippen molar-refractivity contribution in [3.8, 4) is 0 Å². The van der Waals surface area contributed by atoms with Crippen molar-refractivity contribution < 1.29 is 9.59 Å². The van der Waals surface area contributed by atoms with Crippen LogP contribution in [0, 0.1) is 0 Å². The van der Waals surface area contributed by atoms with Crippen molar-refractivity contribution >= 4 is 34.5 Å². The molecule has 2 aromatic rings. The fourth-order valence-corrected chi connectivity index (χ4v) is 2.20. The van der Waals surface area contributed by atoms with Gasteiger partial charge in [0.05, 0.1) is 18.6 Å². The lowest BCUT2D eigenvalue weighted by Crippen LogP contribution is -2.51. The van der Waals surface area contributed by atoms with E-state index < -0.39 is 0 Å². The number of carbonyl (C=O) groups excluding carboxylic acids is 2. The van der Waals surface area contributed by atoms with Gasteiger partial charge in [0.15, 0.2) is 0 Å². The first-order valence-corrected chi connectivity index (χ1v) is 6.19. The van der Waals surface area contributed by atoms with Gasteiger partial charge in [0, 0.05) is 12.4 Å². The molecule has 2 amide bonds. The van der Waals surface area contributed by atoms with Crippen LogP contribution in [0.3, 0.4) is 0 Å². The lowest BCUT2D eigenvalue weighted by Gasteiger charge is -2.27. The lowest BCUT2D eigenvalue weighted by atomic mass is 10.2. The summed E-state index contributed by atoms with van der Waals surface area (Å²) in [6.45, 7) is 0.214. The number of fused-ring (bicyclic) bond motifs is 1. The van der Waals surface area contributed by atoms with E-state index in [0.717, 1.165) is 10.9 Å². The van der Waals surface area contributed by atoms with Crippen LogP contribution in [0.5, 0.6) is 0 Å². The predicted molar refractivity (Wildman–Crippen MR) is 74.4 cm³/mol. The van der Waals surface area contributed by atoms with E-state index >= 15 is 0 Å². The van der Waals surface area contributed by atoms with Crippen LogP contribution >= 0.6 is 0 Å². The zero-order valence-electron chi connectivity index (χ0n) is 10.9. The summed E-state index contributed by atoms with van der Waals surface area (Å²) in [6.07, 6.45) is 0. The second kappa shape index (κ2) is 4.76. The van der Waals surface area contributed by atoms with E-state index in [9.17, 15) is 9.59 Å². The zero-order chi connectivity index (χ0) is 14.1. The highest BCUT2D eigenvalue weighted by Gasteiger charge is 2.25. The number of aromatic nitrogens is 2. The summed E-state index contributed by atoms with van der Waals surface area (Å²) in [5.74, 6) is 0.394. The van der Waals surface area contributed by atoms with Gasteiger partial charge in [-0.25, -0.2) is 4.98 Å². The molecule has 1 fully saturated rings. The highest BCUT2D eigenvalue weighted by molar-refractivity contribution is 6.04. The number of para-hydroxylation sites is 1. The van der Waals surface area contributed by atoms with Gasteiger partial charge in [0.1, 0.15) is 5.82 Å². The van der Waals surface area contributed by atoms with E-state index in [1.165, 1.54) is 0 Å². The summed E-state index contributed by atoms with van der Waals surface area (Å²) < 4.78 is 0. The van der Waals surface area contributed by atoms with Crippen molar-refractivity contribution in [1.82, 2.24) is 15.3 Å². The predicted octanol–water partition coefficient (Wildman–Crippen LogP) is 0.134. The molecule has 0 atom stereocenters. The topological polar surface area (TPSA) is 87.2 Å². The van der Waals surface area contributed by atoms with Crippen LogP contribution in [-0.2, 0) is 9.59 Å². The minimum absolute atomic E-state index is 0.107. The molecule has 2 heterocycles. The maximum Gasteiger partial charge on any atom is 0.246 e. The maximum atomic E-state index is 11.5. The van der Waals surface area contributed by atoms with E-state index in [1.807, 2.05) is 24.3 Å². The molecule has 2 N–H and O–H groups in total. The Bertz CT molecular complexity index is 684. The van der Waals surface area contributed by atoms with E-state index in [-0.39, 0.29) is 24.9 Å². The molecule has 1 saturated heterocycles. The Labute approximate surface area is 115 Å². The summed E-state index contributed by atoms with van der Waals surface area (Å²) in [6, 6.07) is 7.50. The van der Waals surface area contributed by atoms with Crippen molar-refractivity contribution in [2.75, 3.05) is 30.4 Å². The smallest absolute Gasteiger partial charge is 0.246 e. The quantitative estimate of drug-likeness (QED) is 0.755. The number of imide groups is 1. The summed E-state index contributed by atoms with van der Waals surface area (Å²) in [4.78, 5) is 33.4. The van der Waals surface area contributed by atoms with Crippen molar-refractivity contribution in [2.24, 2.45) is 0 Å². The molecule has 1 aromatic carbocycles. The average molecular weight is 271 g/mol. The van der Waals surface area contributed by atoms with Gasteiger partial charge in [-0.3, -0.25) is 14.9 Å². The number of piperazine rings is 1. The molecule has 0 aliphatic carbocycles. The minimum Gasteiger partial charge on any atom is -0.357 e. The van der Waals surface area contributed by atoms with Gasteiger partial charge in [0.2, 0.25) is 17.8 Å². The van der Waals surface area contributed by atoms with Crippen LogP contribution in [0.25, 0.3) is 10.9 Å². The number of amides is 2. The van der Waals surface area contributed by atoms with Gasteiger partial charge in [-0.1, -0.05) is 12.1 Å². The molecule has 0 unspecified atom stereocenters. The second-order valence-electron chi connectivity index (χ2n) is 4.47. The normalized spacial score (nSPS) is 15.3. The number of anilines is 2. The highest BCUT2D eigenvalue weighted by Crippen LogP contribution is 2.25. The van der Waals surface area contributed by atoms with Crippen LogP contribution in [0.1, 0.15) is 0 Å². The van der Waals surface area contributed by atoms with E-state index in [4.69, 9.17) is 0 Å². The molecule has 0 bridgehead atoms. The SMILES string of the molecule is CNc1nc(N2CC(=O)NC(=O)C2)c2ccccc2n1. The van der Waals surface area contributed by atoms with Crippen molar-refractivity contribution in [2.45, 2.75) is 0 Å². The van der Waals surface area contributed by atoms with Gasteiger partial charge >= 0.3 is 0 Å². The van der Waals surface area contributed by atoms with Gasteiger partial charge in [0.25, 0.3) is 0 Å². The molecule has 102 valence electrons. The second-order valence-corrected chi connectivity index (χ2v) is 4.47. The Kier molecular flexibility index (Phi) is 2.94. The van der Waals surface area contributed by atoms with E-state index in [2.05, 4.69) is 20.6 Å². The average Bonchev–Trinajstić information content (AvgIpc) is 2.45. The fourth-order valence-electron chi connectivity index (χ4n) is 2.20. The molecule has 7 heteroatoms. The largest absolute Gasteiger partial charge is 0.357 e. The summed E-state index contributed by atoms with van der Waals surface area (Å²) in [5.41, 5.74) is 0.764. The molecule has 1 aromatic heterocycles. The number of carbonyl (C=O) groups is 2. The number of nitrogens with zero attached hydrogens (tertiary/aromatic N) is 3. The van der Waals surface area contributed by atoms with Crippen LogP contribution in [-0.4, -0.2) is 41.9 Å². The van der Waals surface area contributed by atoms with Crippen molar-refractivity contribution in [3.05, 3.63) is 24.3 Å².